The lowest BCUT2D eigenvalue weighted by Gasteiger charge is -2.02. The topological polar surface area (TPSA) is 12.0 Å². The Morgan fingerprint density at radius 3 is 2.80 bits per heavy atom. The van der Waals surface area contributed by atoms with Gasteiger partial charge in [0.25, 0.3) is 0 Å². The molecule has 0 atom stereocenters. The average molecular weight is 290 g/mol. The molecule has 0 bridgehead atoms. The lowest BCUT2D eigenvalue weighted by Crippen LogP contribution is -2.15. The Kier molecular flexibility index (Phi) is 7.32. The molecule has 0 aromatic carbocycles. The Balaban J connectivity index is 1.96. The molecule has 0 amide bonds. The summed E-state index contributed by atoms with van der Waals surface area (Å²) in [5.74, 6) is 0. The number of hydrogen-bond donors (Lipinski definition) is 1. The van der Waals surface area contributed by atoms with Gasteiger partial charge in [-0.25, -0.2) is 0 Å². The Morgan fingerprint density at radius 1 is 1.27 bits per heavy atom. The molecule has 0 aliphatic rings. The van der Waals surface area contributed by atoms with Crippen LogP contribution in [0.4, 0.5) is 0 Å². The van der Waals surface area contributed by atoms with E-state index < -0.39 is 0 Å². The van der Waals surface area contributed by atoms with Crippen molar-refractivity contribution in [2.75, 3.05) is 13.1 Å². The molecule has 0 aliphatic carbocycles. The summed E-state index contributed by atoms with van der Waals surface area (Å²) < 4.78 is 1.29. The average Bonchev–Trinajstić information content (AvgIpc) is 2.63. The van der Waals surface area contributed by atoms with E-state index in [0.29, 0.717) is 0 Å². The van der Waals surface area contributed by atoms with E-state index in [9.17, 15) is 0 Å². The molecular weight excluding hydrogens is 270 g/mol. The van der Waals surface area contributed by atoms with E-state index in [1.165, 1.54) is 48.0 Å². The zero-order valence-corrected chi connectivity index (χ0v) is 11.8. The molecule has 0 spiro atoms. The van der Waals surface area contributed by atoms with E-state index >= 15 is 0 Å². The van der Waals surface area contributed by atoms with Gasteiger partial charge in [-0.3, -0.25) is 0 Å². The van der Waals surface area contributed by atoms with Gasteiger partial charge in [-0.1, -0.05) is 13.3 Å². The Bertz CT molecular complexity index is 260. The molecule has 1 aromatic rings. The maximum Gasteiger partial charge on any atom is 0.0314 e. The minimum absolute atomic E-state index is 1.16. The van der Waals surface area contributed by atoms with Gasteiger partial charge in [0.05, 0.1) is 0 Å². The molecule has 86 valence electrons. The van der Waals surface area contributed by atoms with Crippen LogP contribution in [-0.4, -0.2) is 13.1 Å². The van der Waals surface area contributed by atoms with Crippen molar-refractivity contribution in [1.29, 1.82) is 0 Å². The van der Waals surface area contributed by atoms with Gasteiger partial charge in [-0.2, -0.15) is 0 Å². The molecule has 0 fully saturated rings. The van der Waals surface area contributed by atoms with Crippen molar-refractivity contribution in [1.82, 2.24) is 5.32 Å². The molecule has 0 unspecified atom stereocenters. The zero-order chi connectivity index (χ0) is 10.9. The number of thiophene rings is 1. The fourth-order valence-electron chi connectivity index (χ4n) is 1.52. The van der Waals surface area contributed by atoms with Gasteiger partial charge in [0.15, 0.2) is 0 Å². The Hall–Kier alpha value is 0.140. The quantitative estimate of drug-likeness (QED) is 0.707. The molecule has 1 rings (SSSR count). The van der Waals surface area contributed by atoms with Crippen LogP contribution in [0.2, 0.25) is 0 Å². The van der Waals surface area contributed by atoms with E-state index in [-0.39, 0.29) is 0 Å². The first-order chi connectivity index (χ1) is 7.34. The molecule has 0 radical (unpaired) electrons. The normalized spacial score (nSPS) is 10.8. The molecule has 0 aliphatic heterocycles. The van der Waals surface area contributed by atoms with Crippen LogP contribution >= 0.6 is 27.3 Å². The number of aryl methyl sites for hydroxylation is 1. The summed E-state index contributed by atoms with van der Waals surface area (Å²) in [5, 5.41) is 5.59. The van der Waals surface area contributed by atoms with Gasteiger partial charge in [-0.15, -0.1) is 11.3 Å². The standard InChI is InChI=1S/C12H20BrNS/c1-2-8-14-9-5-3-4-6-12-11(13)7-10-15-12/h7,10,14H,2-6,8-9H2,1H3. The molecule has 1 N–H and O–H groups in total. The van der Waals surface area contributed by atoms with Gasteiger partial charge >= 0.3 is 0 Å². The van der Waals surface area contributed by atoms with E-state index in [4.69, 9.17) is 0 Å². The predicted molar refractivity (Wildman–Crippen MR) is 72.7 cm³/mol. The third-order valence-corrected chi connectivity index (χ3v) is 4.36. The first-order valence-corrected chi connectivity index (χ1v) is 7.44. The van der Waals surface area contributed by atoms with Crippen molar-refractivity contribution in [2.24, 2.45) is 0 Å². The van der Waals surface area contributed by atoms with Crippen molar-refractivity contribution in [3.8, 4) is 0 Å². The fraction of sp³-hybridized carbons (Fsp3) is 0.667. The highest BCUT2D eigenvalue weighted by Crippen LogP contribution is 2.24. The van der Waals surface area contributed by atoms with Crippen LogP contribution < -0.4 is 5.32 Å². The maximum atomic E-state index is 3.57. The summed E-state index contributed by atoms with van der Waals surface area (Å²) in [6.45, 7) is 4.55. The van der Waals surface area contributed by atoms with E-state index in [1.807, 2.05) is 11.3 Å². The van der Waals surface area contributed by atoms with Gasteiger partial charge in [-0.05, 0) is 66.1 Å². The predicted octanol–water partition coefficient (Wildman–Crippen LogP) is 4.22. The summed E-state index contributed by atoms with van der Waals surface area (Å²) in [5.41, 5.74) is 0. The third kappa shape index (κ3) is 5.69. The lowest BCUT2D eigenvalue weighted by molar-refractivity contribution is 0.600. The number of nitrogens with one attached hydrogen (secondary N) is 1. The van der Waals surface area contributed by atoms with E-state index in [1.54, 1.807) is 0 Å². The molecule has 0 saturated heterocycles. The zero-order valence-electron chi connectivity index (χ0n) is 9.39. The van der Waals surface area contributed by atoms with Gasteiger partial charge in [0.2, 0.25) is 0 Å². The Labute approximate surface area is 105 Å². The number of unbranched alkanes of at least 4 members (excludes halogenated alkanes) is 2. The molecule has 1 heterocycles. The highest BCUT2D eigenvalue weighted by molar-refractivity contribution is 9.10. The third-order valence-electron chi connectivity index (χ3n) is 2.38. The highest BCUT2D eigenvalue weighted by Gasteiger charge is 2.00. The maximum absolute atomic E-state index is 3.57. The number of halogens is 1. The Morgan fingerprint density at radius 2 is 2.13 bits per heavy atom. The van der Waals surface area contributed by atoms with Crippen LogP contribution in [0, 0.1) is 0 Å². The summed E-state index contributed by atoms with van der Waals surface area (Å²) >= 11 is 5.43. The van der Waals surface area contributed by atoms with Gasteiger partial charge in [0.1, 0.15) is 0 Å². The van der Waals surface area contributed by atoms with Crippen molar-refractivity contribution < 1.29 is 0 Å². The second kappa shape index (κ2) is 8.31. The number of rotatable bonds is 8. The monoisotopic (exact) mass is 289 g/mol. The molecule has 15 heavy (non-hydrogen) atoms. The van der Waals surface area contributed by atoms with Gasteiger partial charge < -0.3 is 5.32 Å². The number of hydrogen-bond acceptors (Lipinski definition) is 2. The van der Waals surface area contributed by atoms with E-state index in [2.05, 4.69) is 39.6 Å². The van der Waals surface area contributed by atoms with Crippen LogP contribution in [0.5, 0.6) is 0 Å². The smallest absolute Gasteiger partial charge is 0.0314 e. The summed E-state index contributed by atoms with van der Waals surface area (Å²) in [6, 6.07) is 2.14. The van der Waals surface area contributed by atoms with Gasteiger partial charge in [0, 0.05) is 9.35 Å². The molecular formula is C12H20BrNS. The van der Waals surface area contributed by atoms with Crippen molar-refractivity contribution >= 4 is 27.3 Å². The fourth-order valence-corrected chi connectivity index (χ4v) is 3.11. The SMILES string of the molecule is CCCNCCCCCc1sccc1Br. The minimum atomic E-state index is 1.16. The second-order valence-corrected chi connectivity index (χ2v) is 5.61. The van der Waals surface area contributed by atoms with Crippen LogP contribution in [0.1, 0.15) is 37.5 Å². The lowest BCUT2D eigenvalue weighted by atomic mass is 10.2. The first-order valence-electron chi connectivity index (χ1n) is 5.77. The van der Waals surface area contributed by atoms with E-state index in [0.717, 1.165) is 6.54 Å². The minimum Gasteiger partial charge on any atom is -0.317 e. The first kappa shape index (κ1) is 13.2. The van der Waals surface area contributed by atoms with Crippen LogP contribution in [0.15, 0.2) is 15.9 Å². The van der Waals surface area contributed by atoms with Crippen molar-refractivity contribution in [3.05, 3.63) is 20.8 Å². The summed E-state index contributed by atoms with van der Waals surface area (Å²) in [4.78, 5) is 1.50. The van der Waals surface area contributed by atoms with Crippen LogP contribution in [-0.2, 0) is 6.42 Å². The highest BCUT2D eigenvalue weighted by atomic mass is 79.9. The summed E-state index contributed by atoms with van der Waals surface area (Å²) in [6.07, 6.45) is 6.42. The second-order valence-electron chi connectivity index (χ2n) is 3.75. The molecule has 0 saturated carbocycles. The largest absolute Gasteiger partial charge is 0.317 e. The summed E-state index contributed by atoms with van der Waals surface area (Å²) in [7, 11) is 0. The van der Waals surface area contributed by atoms with Crippen LogP contribution in [0.3, 0.4) is 0 Å². The van der Waals surface area contributed by atoms with Crippen molar-refractivity contribution in [2.45, 2.75) is 39.0 Å². The van der Waals surface area contributed by atoms with Crippen molar-refractivity contribution in [3.63, 3.8) is 0 Å². The molecule has 1 nitrogen and oxygen atoms in total. The molecule has 1 aromatic heterocycles. The molecule has 3 heteroatoms. The van der Waals surface area contributed by atoms with Crippen LogP contribution in [0.25, 0.3) is 0 Å².